The molecule has 1 aliphatic heterocycles. The molecule has 1 fully saturated rings. The number of benzene rings is 1. The Morgan fingerprint density at radius 3 is 2.88 bits per heavy atom. The van der Waals surface area contributed by atoms with E-state index in [0.29, 0.717) is 11.6 Å². The van der Waals surface area contributed by atoms with E-state index in [0.717, 1.165) is 23.9 Å². The summed E-state index contributed by atoms with van der Waals surface area (Å²) < 4.78 is 0. The van der Waals surface area contributed by atoms with Crippen molar-refractivity contribution in [3.63, 3.8) is 0 Å². The van der Waals surface area contributed by atoms with Crippen molar-refractivity contribution < 1.29 is 4.79 Å². The third-order valence-corrected chi connectivity index (χ3v) is 5.91. The summed E-state index contributed by atoms with van der Waals surface area (Å²) in [6.45, 7) is 2.87. The van der Waals surface area contributed by atoms with Crippen molar-refractivity contribution in [2.24, 2.45) is 0 Å². The normalized spacial score (nSPS) is 20.5. The minimum absolute atomic E-state index is 0.0667. The predicted molar refractivity (Wildman–Crippen MR) is 96.6 cm³/mol. The van der Waals surface area contributed by atoms with Crippen LogP contribution in [0.15, 0.2) is 30.3 Å². The van der Waals surface area contributed by atoms with Crippen molar-refractivity contribution >= 4 is 16.8 Å². The fraction of sp³-hybridized carbons (Fsp3) is 0.400. The van der Waals surface area contributed by atoms with Gasteiger partial charge in [0, 0.05) is 41.0 Å². The number of fused-ring (bicyclic) bond motifs is 2. The van der Waals surface area contributed by atoms with Crippen LogP contribution in [0.1, 0.15) is 65.6 Å². The van der Waals surface area contributed by atoms with Gasteiger partial charge in [0.25, 0.3) is 5.91 Å². The van der Waals surface area contributed by atoms with Crippen LogP contribution in [0.25, 0.3) is 10.9 Å². The molecule has 5 heteroatoms. The molecule has 3 aromatic rings. The quantitative estimate of drug-likeness (QED) is 0.746. The Bertz CT molecular complexity index is 917. The van der Waals surface area contributed by atoms with Crippen LogP contribution < -0.4 is 0 Å². The van der Waals surface area contributed by atoms with Crippen LogP contribution in [0.2, 0.25) is 0 Å². The van der Waals surface area contributed by atoms with Crippen LogP contribution in [0.3, 0.4) is 0 Å². The summed E-state index contributed by atoms with van der Waals surface area (Å²) in [4.78, 5) is 18.4. The van der Waals surface area contributed by atoms with E-state index in [4.69, 9.17) is 0 Å². The highest BCUT2D eigenvalue weighted by Crippen LogP contribution is 2.42. The van der Waals surface area contributed by atoms with Crippen LogP contribution >= 0.6 is 0 Å². The summed E-state index contributed by atoms with van der Waals surface area (Å²) in [5, 5.41) is 8.91. The summed E-state index contributed by atoms with van der Waals surface area (Å²) in [6, 6.07) is 10.1. The Labute approximate surface area is 146 Å². The summed E-state index contributed by atoms with van der Waals surface area (Å²) in [6.07, 6.45) is 4.59. The fourth-order valence-electron chi connectivity index (χ4n) is 4.25. The molecule has 3 heterocycles. The monoisotopic (exact) mass is 334 g/mol. The van der Waals surface area contributed by atoms with Crippen molar-refractivity contribution in [2.45, 2.75) is 44.6 Å². The molecule has 1 saturated carbocycles. The molecule has 0 saturated heterocycles. The number of hydrogen-bond donors (Lipinski definition) is 2. The van der Waals surface area contributed by atoms with Gasteiger partial charge in [0.15, 0.2) is 0 Å². The average Bonchev–Trinajstić information content (AvgIpc) is 3.18. The van der Waals surface area contributed by atoms with E-state index in [1.807, 2.05) is 35.2 Å². The predicted octanol–water partition coefficient (Wildman–Crippen LogP) is 3.92. The van der Waals surface area contributed by atoms with Gasteiger partial charge in [-0.3, -0.25) is 9.89 Å². The number of carbonyl (C=O) groups is 1. The second kappa shape index (κ2) is 5.48. The van der Waals surface area contributed by atoms with Crippen LogP contribution in [0, 0.1) is 0 Å². The van der Waals surface area contributed by atoms with Gasteiger partial charge in [0.05, 0.1) is 11.7 Å². The Hall–Kier alpha value is -2.56. The molecule has 0 spiro atoms. The second-order valence-electron chi connectivity index (χ2n) is 7.32. The van der Waals surface area contributed by atoms with E-state index in [2.05, 4.69) is 22.1 Å². The van der Waals surface area contributed by atoms with Crippen molar-refractivity contribution in [3.05, 3.63) is 53.0 Å². The Morgan fingerprint density at radius 1 is 1.28 bits per heavy atom. The number of H-pyrrole nitrogens is 2. The number of rotatable bonds is 2. The zero-order valence-electron chi connectivity index (χ0n) is 14.4. The minimum atomic E-state index is 0.0667. The lowest BCUT2D eigenvalue weighted by atomic mass is 9.79. The molecule has 5 nitrogen and oxygen atoms in total. The second-order valence-corrected chi connectivity index (χ2v) is 7.32. The van der Waals surface area contributed by atoms with Gasteiger partial charge in [0.1, 0.15) is 5.69 Å². The van der Waals surface area contributed by atoms with Gasteiger partial charge in [-0.15, -0.1) is 0 Å². The number of nitrogens with one attached hydrogen (secondary N) is 2. The van der Waals surface area contributed by atoms with Gasteiger partial charge >= 0.3 is 0 Å². The van der Waals surface area contributed by atoms with Gasteiger partial charge in [-0.2, -0.15) is 5.10 Å². The highest BCUT2D eigenvalue weighted by atomic mass is 16.2. The van der Waals surface area contributed by atoms with Gasteiger partial charge in [-0.1, -0.05) is 24.6 Å². The summed E-state index contributed by atoms with van der Waals surface area (Å²) in [5.74, 6) is 0.653. The van der Waals surface area contributed by atoms with E-state index in [1.165, 1.54) is 36.2 Å². The Balaban J connectivity index is 1.48. The summed E-state index contributed by atoms with van der Waals surface area (Å²) >= 11 is 0. The Morgan fingerprint density at radius 2 is 2.12 bits per heavy atom. The first-order chi connectivity index (χ1) is 12.2. The molecule has 1 amide bonds. The molecule has 2 aromatic heterocycles. The van der Waals surface area contributed by atoms with Crippen molar-refractivity contribution in [1.82, 2.24) is 20.1 Å². The lowest BCUT2D eigenvalue weighted by Gasteiger charge is -2.35. The van der Waals surface area contributed by atoms with Crippen molar-refractivity contribution in [1.29, 1.82) is 0 Å². The number of hydrogen-bond acceptors (Lipinski definition) is 2. The molecule has 2 aliphatic rings. The molecule has 5 rings (SSSR count). The topological polar surface area (TPSA) is 64.8 Å². The van der Waals surface area contributed by atoms with E-state index in [9.17, 15) is 4.79 Å². The van der Waals surface area contributed by atoms with Crippen molar-refractivity contribution in [3.8, 4) is 0 Å². The number of amides is 1. The van der Waals surface area contributed by atoms with E-state index < -0.39 is 0 Å². The number of aromatic nitrogens is 3. The number of aromatic amines is 2. The van der Waals surface area contributed by atoms with Crippen LogP contribution in [-0.2, 0) is 6.42 Å². The molecule has 1 aromatic carbocycles. The lowest BCUT2D eigenvalue weighted by Crippen LogP contribution is -2.39. The van der Waals surface area contributed by atoms with Gasteiger partial charge in [0.2, 0.25) is 0 Å². The molecular weight excluding hydrogens is 312 g/mol. The molecule has 1 atom stereocenters. The largest absolute Gasteiger partial charge is 0.351 e. The molecule has 0 radical (unpaired) electrons. The third-order valence-electron chi connectivity index (χ3n) is 5.91. The van der Waals surface area contributed by atoms with E-state index in [-0.39, 0.29) is 11.9 Å². The third kappa shape index (κ3) is 2.22. The van der Waals surface area contributed by atoms with Crippen LogP contribution in [-0.4, -0.2) is 32.5 Å². The molecule has 128 valence electrons. The van der Waals surface area contributed by atoms with Gasteiger partial charge in [-0.05, 0) is 31.9 Å². The van der Waals surface area contributed by atoms with Crippen molar-refractivity contribution in [2.75, 3.05) is 6.54 Å². The summed E-state index contributed by atoms with van der Waals surface area (Å²) in [5.41, 5.74) is 5.36. The maximum Gasteiger partial charge on any atom is 0.270 e. The SMILES string of the molecule is CC1c2c(C3CCC3)n[nH]c2CCN1C(=O)c1cc2ccccc2[nH]1. The highest BCUT2D eigenvalue weighted by Gasteiger charge is 2.35. The zero-order valence-corrected chi connectivity index (χ0v) is 14.4. The lowest BCUT2D eigenvalue weighted by molar-refractivity contribution is 0.0670. The Kier molecular flexibility index (Phi) is 3.23. The minimum Gasteiger partial charge on any atom is -0.351 e. The molecule has 2 N–H and O–H groups in total. The van der Waals surface area contributed by atoms with Crippen LogP contribution in [0.5, 0.6) is 0 Å². The maximum atomic E-state index is 13.1. The van der Waals surface area contributed by atoms with E-state index >= 15 is 0 Å². The molecule has 0 bridgehead atoms. The van der Waals surface area contributed by atoms with Gasteiger partial charge < -0.3 is 9.88 Å². The smallest absolute Gasteiger partial charge is 0.270 e. The maximum absolute atomic E-state index is 13.1. The first-order valence-electron chi connectivity index (χ1n) is 9.18. The average molecular weight is 334 g/mol. The standard InChI is InChI=1S/C20H22N4O/c1-12-18-16(22-23-19(18)13-6-4-7-13)9-10-24(12)20(25)17-11-14-5-2-3-8-15(14)21-17/h2-3,5,8,11-13,21H,4,6-7,9-10H2,1H3,(H,22,23). The molecule has 1 aliphatic carbocycles. The molecular formula is C20H22N4O. The molecule has 1 unspecified atom stereocenters. The molecule has 25 heavy (non-hydrogen) atoms. The first-order valence-corrected chi connectivity index (χ1v) is 9.18. The van der Waals surface area contributed by atoms with E-state index in [1.54, 1.807) is 0 Å². The number of carbonyl (C=O) groups excluding carboxylic acids is 1. The summed E-state index contributed by atoms with van der Waals surface area (Å²) in [7, 11) is 0. The number of para-hydroxylation sites is 1. The first kappa shape index (κ1) is 14.8. The highest BCUT2D eigenvalue weighted by molar-refractivity contribution is 5.98. The fourth-order valence-corrected chi connectivity index (χ4v) is 4.25. The number of nitrogens with zero attached hydrogens (tertiary/aromatic N) is 2. The zero-order chi connectivity index (χ0) is 17.0. The van der Waals surface area contributed by atoms with Gasteiger partial charge in [-0.25, -0.2) is 0 Å². The van der Waals surface area contributed by atoms with Crippen LogP contribution in [0.4, 0.5) is 0 Å².